The van der Waals surface area contributed by atoms with E-state index in [0.717, 1.165) is 51.6 Å². The van der Waals surface area contributed by atoms with E-state index < -0.39 is 0 Å². The Kier molecular flexibility index (Phi) is 5.98. The molecule has 0 spiro atoms. The predicted molar refractivity (Wildman–Crippen MR) is 85.0 cm³/mol. The van der Waals surface area contributed by atoms with Gasteiger partial charge in [0.25, 0.3) is 0 Å². The second kappa shape index (κ2) is 7.97. The highest BCUT2D eigenvalue weighted by Crippen LogP contribution is 2.16. The van der Waals surface area contributed by atoms with Gasteiger partial charge in [0.15, 0.2) is 0 Å². The quantitative estimate of drug-likeness (QED) is 0.793. The zero-order valence-corrected chi connectivity index (χ0v) is 13.2. The molecule has 2 heterocycles. The van der Waals surface area contributed by atoms with Crippen molar-refractivity contribution in [2.24, 2.45) is 0 Å². The first-order valence-electron chi connectivity index (χ1n) is 7.86. The summed E-state index contributed by atoms with van der Waals surface area (Å²) in [6, 6.07) is 0.388. The summed E-state index contributed by atoms with van der Waals surface area (Å²) in [6.07, 6.45) is 2.09. The Hall–Kier alpha value is -1.63. The standard InChI is InChI=1S/C14H26N6O/c1-4-11(5-2)16-13-17-12(15-6-3)18-14(19-13)20-7-9-21-10-8-20/h11H,4-10H2,1-3H3,(H2,15,16,17,18,19). The molecule has 1 aromatic heterocycles. The molecule has 1 saturated heterocycles. The number of nitrogens with zero attached hydrogens (tertiary/aromatic N) is 4. The van der Waals surface area contributed by atoms with Crippen molar-refractivity contribution in [3.8, 4) is 0 Å². The van der Waals surface area contributed by atoms with Gasteiger partial charge in [-0.25, -0.2) is 0 Å². The molecule has 2 rings (SSSR count). The molecule has 1 fully saturated rings. The third-order valence-corrected chi connectivity index (χ3v) is 3.57. The fourth-order valence-electron chi connectivity index (χ4n) is 2.25. The smallest absolute Gasteiger partial charge is 0.232 e. The van der Waals surface area contributed by atoms with Crippen molar-refractivity contribution in [3.63, 3.8) is 0 Å². The lowest BCUT2D eigenvalue weighted by Crippen LogP contribution is -2.37. The number of hydrogen-bond acceptors (Lipinski definition) is 7. The Morgan fingerprint density at radius 3 is 2.33 bits per heavy atom. The second-order valence-corrected chi connectivity index (χ2v) is 5.07. The first kappa shape index (κ1) is 15.8. The minimum atomic E-state index is 0.388. The zero-order chi connectivity index (χ0) is 15.1. The number of hydrogen-bond donors (Lipinski definition) is 2. The summed E-state index contributed by atoms with van der Waals surface area (Å²) < 4.78 is 5.38. The fourth-order valence-corrected chi connectivity index (χ4v) is 2.25. The van der Waals surface area contributed by atoms with Gasteiger partial charge in [0.2, 0.25) is 17.8 Å². The largest absolute Gasteiger partial charge is 0.378 e. The van der Waals surface area contributed by atoms with Crippen molar-refractivity contribution in [1.82, 2.24) is 15.0 Å². The van der Waals surface area contributed by atoms with E-state index in [2.05, 4.69) is 44.3 Å². The maximum atomic E-state index is 5.38. The molecule has 1 aromatic rings. The lowest BCUT2D eigenvalue weighted by molar-refractivity contribution is 0.122. The summed E-state index contributed by atoms with van der Waals surface area (Å²) in [4.78, 5) is 15.7. The molecule has 0 aromatic carbocycles. The SMILES string of the molecule is CCNc1nc(NC(CC)CC)nc(N2CCOCC2)n1. The summed E-state index contributed by atoms with van der Waals surface area (Å²) in [6.45, 7) is 10.2. The Bertz CT molecular complexity index is 431. The summed E-state index contributed by atoms with van der Waals surface area (Å²) in [7, 11) is 0. The molecule has 0 radical (unpaired) electrons. The maximum absolute atomic E-state index is 5.38. The van der Waals surface area contributed by atoms with Gasteiger partial charge in [0, 0.05) is 25.7 Å². The molecule has 0 bridgehead atoms. The molecule has 0 atom stereocenters. The highest BCUT2D eigenvalue weighted by molar-refractivity contribution is 5.44. The van der Waals surface area contributed by atoms with Gasteiger partial charge < -0.3 is 20.3 Å². The maximum Gasteiger partial charge on any atom is 0.232 e. The van der Waals surface area contributed by atoms with Crippen LogP contribution >= 0.6 is 0 Å². The highest BCUT2D eigenvalue weighted by atomic mass is 16.5. The van der Waals surface area contributed by atoms with Crippen LogP contribution in [0.1, 0.15) is 33.6 Å². The van der Waals surface area contributed by atoms with Crippen LogP contribution in [-0.2, 0) is 4.74 Å². The van der Waals surface area contributed by atoms with Crippen LogP contribution in [0.4, 0.5) is 17.8 Å². The van der Waals surface area contributed by atoms with E-state index in [1.807, 2.05) is 6.92 Å². The van der Waals surface area contributed by atoms with Gasteiger partial charge in [-0.15, -0.1) is 0 Å². The van der Waals surface area contributed by atoms with E-state index in [1.54, 1.807) is 0 Å². The van der Waals surface area contributed by atoms with Gasteiger partial charge in [-0.3, -0.25) is 0 Å². The van der Waals surface area contributed by atoms with Crippen molar-refractivity contribution in [3.05, 3.63) is 0 Å². The molecule has 0 aliphatic carbocycles. The van der Waals surface area contributed by atoms with Crippen LogP contribution in [0, 0.1) is 0 Å². The minimum Gasteiger partial charge on any atom is -0.378 e. The first-order valence-corrected chi connectivity index (χ1v) is 7.86. The second-order valence-electron chi connectivity index (χ2n) is 5.07. The molecule has 2 N–H and O–H groups in total. The Morgan fingerprint density at radius 2 is 1.71 bits per heavy atom. The molecule has 118 valence electrons. The Morgan fingerprint density at radius 1 is 1.05 bits per heavy atom. The van der Waals surface area contributed by atoms with Crippen LogP contribution in [0.25, 0.3) is 0 Å². The summed E-state index contributed by atoms with van der Waals surface area (Å²) in [5.41, 5.74) is 0. The van der Waals surface area contributed by atoms with Crippen LogP contribution in [0.2, 0.25) is 0 Å². The van der Waals surface area contributed by atoms with Gasteiger partial charge in [0.1, 0.15) is 0 Å². The van der Waals surface area contributed by atoms with E-state index >= 15 is 0 Å². The molecule has 0 amide bonds. The van der Waals surface area contributed by atoms with Crippen molar-refractivity contribution >= 4 is 17.8 Å². The van der Waals surface area contributed by atoms with Crippen LogP contribution in [0.5, 0.6) is 0 Å². The van der Waals surface area contributed by atoms with Crippen LogP contribution < -0.4 is 15.5 Å². The van der Waals surface area contributed by atoms with Crippen molar-refractivity contribution in [1.29, 1.82) is 0 Å². The minimum absolute atomic E-state index is 0.388. The zero-order valence-electron chi connectivity index (χ0n) is 13.2. The third-order valence-electron chi connectivity index (χ3n) is 3.57. The average molecular weight is 294 g/mol. The normalized spacial score (nSPS) is 15.3. The van der Waals surface area contributed by atoms with E-state index in [1.165, 1.54) is 0 Å². The fraction of sp³-hybridized carbons (Fsp3) is 0.786. The number of morpholine rings is 1. The number of aromatic nitrogens is 3. The van der Waals surface area contributed by atoms with E-state index in [4.69, 9.17) is 4.74 Å². The molecule has 7 nitrogen and oxygen atoms in total. The number of nitrogens with one attached hydrogen (secondary N) is 2. The Labute approximate surface area is 126 Å². The van der Waals surface area contributed by atoms with Gasteiger partial charge in [-0.2, -0.15) is 15.0 Å². The lowest BCUT2D eigenvalue weighted by atomic mass is 10.2. The van der Waals surface area contributed by atoms with Gasteiger partial charge in [-0.1, -0.05) is 13.8 Å². The van der Waals surface area contributed by atoms with Gasteiger partial charge >= 0.3 is 0 Å². The predicted octanol–water partition coefficient (Wildman–Crippen LogP) is 1.74. The monoisotopic (exact) mass is 294 g/mol. The summed E-state index contributed by atoms with van der Waals surface area (Å²) in [5.74, 6) is 2.00. The Balaban J connectivity index is 2.20. The molecule has 0 unspecified atom stereocenters. The first-order chi connectivity index (χ1) is 10.3. The molecular weight excluding hydrogens is 268 g/mol. The molecule has 1 aliphatic rings. The van der Waals surface area contributed by atoms with Crippen LogP contribution in [0.15, 0.2) is 0 Å². The van der Waals surface area contributed by atoms with Crippen LogP contribution in [0.3, 0.4) is 0 Å². The molecule has 21 heavy (non-hydrogen) atoms. The average Bonchev–Trinajstić information content (AvgIpc) is 2.53. The van der Waals surface area contributed by atoms with Crippen LogP contribution in [-0.4, -0.2) is 53.8 Å². The van der Waals surface area contributed by atoms with Crippen molar-refractivity contribution in [2.45, 2.75) is 39.7 Å². The molecule has 7 heteroatoms. The van der Waals surface area contributed by atoms with E-state index in [-0.39, 0.29) is 0 Å². The molecule has 1 aliphatic heterocycles. The summed E-state index contributed by atoms with van der Waals surface area (Å²) in [5, 5.41) is 6.57. The summed E-state index contributed by atoms with van der Waals surface area (Å²) >= 11 is 0. The third kappa shape index (κ3) is 4.42. The molecular formula is C14H26N6O. The lowest BCUT2D eigenvalue weighted by Gasteiger charge is -2.27. The number of ether oxygens (including phenoxy) is 1. The topological polar surface area (TPSA) is 75.2 Å². The molecule has 0 saturated carbocycles. The van der Waals surface area contributed by atoms with Crippen molar-refractivity contribution < 1.29 is 4.74 Å². The van der Waals surface area contributed by atoms with Gasteiger partial charge in [0.05, 0.1) is 13.2 Å². The van der Waals surface area contributed by atoms with Crippen molar-refractivity contribution in [2.75, 3.05) is 48.4 Å². The van der Waals surface area contributed by atoms with E-state index in [0.29, 0.717) is 17.9 Å². The van der Waals surface area contributed by atoms with E-state index in [9.17, 15) is 0 Å². The number of rotatable bonds is 7. The highest BCUT2D eigenvalue weighted by Gasteiger charge is 2.17. The number of anilines is 3. The van der Waals surface area contributed by atoms with Gasteiger partial charge in [-0.05, 0) is 19.8 Å².